The van der Waals surface area contributed by atoms with Gasteiger partial charge in [-0.15, -0.1) is 0 Å². The molecule has 130 valence electrons. The summed E-state index contributed by atoms with van der Waals surface area (Å²) in [5, 5.41) is 11.2. The number of rotatable bonds is 1. The highest BCUT2D eigenvalue weighted by Crippen LogP contribution is 2.40. The standard InChI is InChI=1S/C22H20N2O2/c1-13-10-18-19(11-14(13)2)23-21-22(26,20(18)25)8-9-24(21)17-7-6-15-4-3-5-16(15)12-17/h3-4,6-7,10-12,26H,5,8-9H2,1-2H3/t22-/m1/s1. The number of carbonyl (C=O) groups excluding carboxylic acids is 1. The molecule has 5 rings (SSSR count). The van der Waals surface area contributed by atoms with Crippen LogP contribution in [0.15, 0.2) is 41.4 Å². The van der Waals surface area contributed by atoms with E-state index in [-0.39, 0.29) is 5.78 Å². The maximum Gasteiger partial charge on any atom is 0.204 e. The predicted molar refractivity (Wildman–Crippen MR) is 103 cm³/mol. The highest BCUT2D eigenvalue weighted by Gasteiger charge is 2.52. The molecule has 3 aliphatic rings. The van der Waals surface area contributed by atoms with Crippen molar-refractivity contribution in [3.63, 3.8) is 0 Å². The highest BCUT2D eigenvalue weighted by atomic mass is 16.3. The van der Waals surface area contributed by atoms with Gasteiger partial charge in [-0.2, -0.15) is 0 Å². The Morgan fingerprint density at radius 1 is 1.15 bits per heavy atom. The van der Waals surface area contributed by atoms with Crippen LogP contribution in [-0.2, 0) is 6.42 Å². The van der Waals surface area contributed by atoms with Gasteiger partial charge in [0.1, 0.15) is 5.84 Å². The predicted octanol–water partition coefficient (Wildman–Crippen LogP) is 3.74. The van der Waals surface area contributed by atoms with Crippen LogP contribution < -0.4 is 4.90 Å². The molecule has 0 unspecified atom stereocenters. The van der Waals surface area contributed by atoms with Crippen LogP contribution in [0.5, 0.6) is 0 Å². The second-order valence-corrected chi connectivity index (χ2v) is 7.47. The highest BCUT2D eigenvalue weighted by molar-refractivity contribution is 6.28. The third-order valence-corrected chi connectivity index (χ3v) is 5.85. The molecule has 1 fully saturated rings. The van der Waals surface area contributed by atoms with Crippen molar-refractivity contribution in [3.8, 4) is 0 Å². The zero-order valence-corrected chi connectivity index (χ0v) is 14.9. The maximum absolute atomic E-state index is 13.1. The fourth-order valence-corrected chi connectivity index (χ4v) is 4.16. The first kappa shape index (κ1) is 15.5. The van der Waals surface area contributed by atoms with Crippen LogP contribution in [0.4, 0.5) is 11.4 Å². The van der Waals surface area contributed by atoms with Gasteiger partial charge in [-0.25, -0.2) is 4.99 Å². The first-order valence-corrected chi connectivity index (χ1v) is 9.02. The number of fused-ring (bicyclic) bond motifs is 3. The van der Waals surface area contributed by atoms with Crippen molar-refractivity contribution in [2.24, 2.45) is 4.99 Å². The first-order chi connectivity index (χ1) is 12.5. The average molecular weight is 344 g/mol. The summed E-state index contributed by atoms with van der Waals surface area (Å²) in [6.07, 6.45) is 5.57. The summed E-state index contributed by atoms with van der Waals surface area (Å²) in [6.45, 7) is 4.58. The lowest BCUT2D eigenvalue weighted by Crippen LogP contribution is -2.48. The van der Waals surface area contributed by atoms with Gasteiger partial charge in [0.2, 0.25) is 5.78 Å². The van der Waals surface area contributed by atoms with Gasteiger partial charge >= 0.3 is 0 Å². The Labute approximate surface area is 152 Å². The molecule has 1 N–H and O–H groups in total. The molecule has 1 saturated heterocycles. The Morgan fingerprint density at radius 2 is 1.96 bits per heavy atom. The smallest absolute Gasteiger partial charge is 0.204 e. The van der Waals surface area contributed by atoms with E-state index in [1.54, 1.807) is 0 Å². The third kappa shape index (κ3) is 1.99. The number of allylic oxidation sites excluding steroid dienone is 1. The quantitative estimate of drug-likeness (QED) is 0.857. The molecule has 2 aliphatic heterocycles. The van der Waals surface area contributed by atoms with E-state index in [4.69, 9.17) is 4.99 Å². The van der Waals surface area contributed by atoms with Crippen molar-refractivity contribution in [2.75, 3.05) is 11.4 Å². The van der Waals surface area contributed by atoms with E-state index in [1.165, 1.54) is 11.1 Å². The second-order valence-electron chi connectivity index (χ2n) is 7.47. The SMILES string of the molecule is Cc1cc2c(cc1C)C(=O)[C@]1(O)CCN(c3ccc4c(c3)CC=C4)C1=N2. The number of anilines is 1. The minimum absolute atomic E-state index is 0.231. The van der Waals surface area contributed by atoms with Gasteiger partial charge in [0, 0.05) is 24.2 Å². The molecule has 26 heavy (non-hydrogen) atoms. The number of aryl methyl sites for hydroxylation is 2. The van der Waals surface area contributed by atoms with Gasteiger partial charge in [0.15, 0.2) is 5.60 Å². The molecule has 2 aromatic rings. The number of benzene rings is 2. The van der Waals surface area contributed by atoms with E-state index in [1.807, 2.05) is 36.9 Å². The molecule has 4 nitrogen and oxygen atoms in total. The number of aliphatic imine (C=N–C) groups is 1. The summed E-state index contributed by atoms with van der Waals surface area (Å²) in [4.78, 5) is 19.8. The summed E-state index contributed by atoms with van der Waals surface area (Å²) in [6, 6.07) is 10.1. The molecular formula is C22H20N2O2. The number of nitrogens with zero attached hydrogens (tertiary/aromatic N) is 2. The van der Waals surface area contributed by atoms with E-state index >= 15 is 0 Å². The Hall–Kier alpha value is -2.72. The molecule has 1 atom stereocenters. The van der Waals surface area contributed by atoms with Gasteiger partial charge in [-0.3, -0.25) is 4.79 Å². The Bertz CT molecular complexity index is 1030. The van der Waals surface area contributed by atoms with Crippen LogP contribution in [0.3, 0.4) is 0 Å². The largest absolute Gasteiger partial charge is 0.374 e. The number of carbonyl (C=O) groups is 1. The minimum Gasteiger partial charge on any atom is -0.374 e. The third-order valence-electron chi connectivity index (χ3n) is 5.85. The van der Waals surface area contributed by atoms with Crippen LogP contribution in [0.25, 0.3) is 6.08 Å². The van der Waals surface area contributed by atoms with Gasteiger partial charge in [0.05, 0.1) is 5.69 Å². The lowest BCUT2D eigenvalue weighted by Gasteiger charge is -2.30. The summed E-state index contributed by atoms with van der Waals surface area (Å²) in [5.41, 5.74) is 5.30. The summed E-state index contributed by atoms with van der Waals surface area (Å²) in [7, 11) is 0. The molecule has 2 heterocycles. The van der Waals surface area contributed by atoms with Crippen LogP contribution in [0.2, 0.25) is 0 Å². The molecule has 0 radical (unpaired) electrons. The van der Waals surface area contributed by atoms with Crippen LogP contribution in [-0.4, -0.2) is 28.9 Å². The number of Topliss-reactive ketones (excluding diaryl/α,β-unsaturated/α-hetero) is 1. The first-order valence-electron chi connectivity index (χ1n) is 9.02. The molecule has 1 aliphatic carbocycles. The number of hydrogen-bond donors (Lipinski definition) is 1. The van der Waals surface area contributed by atoms with Crippen LogP contribution in [0, 0.1) is 13.8 Å². The Kier molecular flexibility index (Phi) is 3.07. The molecule has 0 spiro atoms. The van der Waals surface area contributed by atoms with E-state index in [0.717, 1.165) is 23.2 Å². The molecule has 0 aromatic heterocycles. The molecule has 4 heteroatoms. The fraction of sp³-hybridized carbons (Fsp3) is 0.273. The monoisotopic (exact) mass is 344 g/mol. The normalized spacial score (nSPS) is 23.0. The van der Waals surface area contributed by atoms with Gasteiger partial charge in [-0.1, -0.05) is 18.2 Å². The summed E-state index contributed by atoms with van der Waals surface area (Å²) < 4.78 is 0. The average Bonchev–Trinajstić information content (AvgIpc) is 3.22. The van der Waals surface area contributed by atoms with E-state index in [0.29, 0.717) is 30.1 Å². The maximum atomic E-state index is 13.1. The van der Waals surface area contributed by atoms with E-state index in [9.17, 15) is 9.90 Å². The van der Waals surface area contributed by atoms with Crippen LogP contribution >= 0.6 is 0 Å². The number of aliphatic hydroxyl groups is 1. The molecule has 0 saturated carbocycles. The molecule has 2 aromatic carbocycles. The van der Waals surface area contributed by atoms with Crippen molar-refractivity contribution in [3.05, 3.63) is 64.2 Å². The molecule has 0 amide bonds. The van der Waals surface area contributed by atoms with Crippen molar-refractivity contribution < 1.29 is 9.90 Å². The van der Waals surface area contributed by atoms with Crippen molar-refractivity contribution in [2.45, 2.75) is 32.3 Å². The Morgan fingerprint density at radius 3 is 2.81 bits per heavy atom. The lowest BCUT2D eigenvalue weighted by atomic mass is 9.86. The summed E-state index contributed by atoms with van der Waals surface area (Å²) in [5.74, 6) is 0.232. The lowest BCUT2D eigenvalue weighted by molar-refractivity contribution is 0.0602. The van der Waals surface area contributed by atoms with Crippen molar-refractivity contribution in [1.29, 1.82) is 0 Å². The Balaban J connectivity index is 1.64. The zero-order chi connectivity index (χ0) is 18.1. The van der Waals surface area contributed by atoms with Gasteiger partial charge in [0.25, 0.3) is 0 Å². The van der Waals surface area contributed by atoms with E-state index in [2.05, 4.69) is 24.3 Å². The number of amidine groups is 1. The molecule has 0 bridgehead atoms. The topological polar surface area (TPSA) is 52.9 Å². The van der Waals surface area contributed by atoms with Crippen LogP contribution in [0.1, 0.15) is 39.0 Å². The minimum atomic E-state index is -1.52. The number of hydrogen-bond acceptors (Lipinski definition) is 4. The number of ketones is 1. The fourth-order valence-electron chi connectivity index (χ4n) is 4.16. The van der Waals surface area contributed by atoms with Crippen molar-refractivity contribution >= 4 is 29.1 Å². The zero-order valence-electron chi connectivity index (χ0n) is 14.9. The van der Waals surface area contributed by atoms with Crippen molar-refractivity contribution in [1.82, 2.24) is 0 Å². The van der Waals surface area contributed by atoms with Gasteiger partial charge < -0.3 is 10.0 Å². The molecular weight excluding hydrogens is 324 g/mol. The second kappa shape index (κ2) is 5.15. The van der Waals surface area contributed by atoms with Gasteiger partial charge in [-0.05, 0) is 66.8 Å². The summed E-state index contributed by atoms with van der Waals surface area (Å²) >= 11 is 0. The van der Waals surface area contributed by atoms with E-state index < -0.39 is 5.60 Å².